The summed E-state index contributed by atoms with van der Waals surface area (Å²) in [4.78, 5) is 12.0. The summed E-state index contributed by atoms with van der Waals surface area (Å²) < 4.78 is 6.35. The van der Waals surface area contributed by atoms with E-state index in [4.69, 9.17) is 16.3 Å². The number of anilines is 1. The van der Waals surface area contributed by atoms with Gasteiger partial charge in [0.2, 0.25) is 5.13 Å². The highest BCUT2D eigenvalue weighted by molar-refractivity contribution is 9.10. The highest BCUT2D eigenvalue weighted by atomic mass is 79.9. The van der Waals surface area contributed by atoms with Crippen LogP contribution in [0.2, 0.25) is 5.02 Å². The van der Waals surface area contributed by atoms with E-state index in [1.54, 1.807) is 6.07 Å². The number of aryl methyl sites for hydroxylation is 2. The summed E-state index contributed by atoms with van der Waals surface area (Å²) >= 11 is 11.0. The van der Waals surface area contributed by atoms with Crippen LogP contribution < -0.4 is 10.1 Å². The Balaban J connectivity index is 1.93. The molecule has 0 unspecified atom stereocenters. The smallest absolute Gasteiger partial charge is 0.264 e. The maximum absolute atomic E-state index is 12.0. The van der Waals surface area contributed by atoms with Crippen LogP contribution >= 0.6 is 38.9 Å². The van der Waals surface area contributed by atoms with Gasteiger partial charge in [0.05, 0.1) is 4.47 Å². The van der Waals surface area contributed by atoms with Crippen LogP contribution in [0.15, 0.2) is 10.5 Å². The molecule has 0 saturated heterocycles. The average molecular weight is 433 g/mol. The maximum atomic E-state index is 12.0. The first-order valence-corrected chi connectivity index (χ1v) is 9.61. The van der Waals surface area contributed by atoms with E-state index in [1.165, 1.54) is 11.3 Å². The minimum Gasteiger partial charge on any atom is -0.483 e. The van der Waals surface area contributed by atoms with Crippen molar-refractivity contribution in [1.82, 2.24) is 10.2 Å². The number of ether oxygens (including phenoxy) is 1. The Kier molecular flexibility index (Phi) is 7.01. The van der Waals surface area contributed by atoms with Gasteiger partial charge in [0.1, 0.15) is 10.8 Å². The van der Waals surface area contributed by atoms with Crippen molar-refractivity contribution in [3.05, 3.63) is 31.7 Å². The number of rotatable bonds is 7. The second-order valence-corrected chi connectivity index (χ2v) is 7.62. The van der Waals surface area contributed by atoms with Crippen LogP contribution in [0.25, 0.3) is 0 Å². The third kappa shape index (κ3) is 4.91. The minimum atomic E-state index is -0.273. The monoisotopic (exact) mass is 431 g/mol. The summed E-state index contributed by atoms with van der Waals surface area (Å²) in [6.45, 7) is 5.81. The Morgan fingerprint density at radius 1 is 1.42 bits per heavy atom. The molecular formula is C16H19BrClN3O2S. The first-order chi connectivity index (χ1) is 11.4. The number of hydrogen-bond donors (Lipinski definition) is 1. The summed E-state index contributed by atoms with van der Waals surface area (Å²) in [6.07, 6.45) is 3.05. The molecule has 2 rings (SSSR count). The zero-order valence-electron chi connectivity index (χ0n) is 13.8. The van der Waals surface area contributed by atoms with Crippen LogP contribution in [0.4, 0.5) is 5.13 Å². The van der Waals surface area contributed by atoms with Gasteiger partial charge in [-0.15, -0.1) is 10.2 Å². The number of halogens is 2. The van der Waals surface area contributed by atoms with Crippen molar-refractivity contribution in [1.29, 1.82) is 0 Å². The van der Waals surface area contributed by atoms with E-state index in [0.29, 0.717) is 15.9 Å². The molecule has 24 heavy (non-hydrogen) atoms. The van der Waals surface area contributed by atoms with Crippen LogP contribution in [-0.4, -0.2) is 22.7 Å². The predicted octanol–water partition coefficient (Wildman–Crippen LogP) is 4.93. The molecule has 0 aliphatic carbocycles. The van der Waals surface area contributed by atoms with E-state index in [0.717, 1.165) is 39.9 Å². The first kappa shape index (κ1) is 19.1. The second-order valence-electron chi connectivity index (χ2n) is 5.39. The lowest BCUT2D eigenvalue weighted by Crippen LogP contribution is -2.20. The van der Waals surface area contributed by atoms with E-state index < -0.39 is 0 Å². The molecular weight excluding hydrogens is 414 g/mol. The molecule has 0 radical (unpaired) electrons. The summed E-state index contributed by atoms with van der Waals surface area (Å²) in [5.41, 5.74) is 1.79. The molecule has 1 aromatic carbocycles. The van der Waals surface area contributed by atoms with Crippen molar-refractivity contribution in [2.24, 2.45) is 0 Å². The van der Waals surface area contributed by atoms with Crippen molar-refractivity contribution in [2.45, 2.75) is 40.0 Å². The number of benzene rings is 1. The summed E-state index contributed by atoms with van der Waals surface area (Å²) in [7, 11) is 0. The number of hydrogen-bond acceptors (Lipinski definition) is 5. The fourth-order valence-electron chi connectivity index (χ4n) is 2.04. The molecule has 5 nitrogen and oxygen atoms in total. The van der Waals surface area contributed by atoms with Gasteiger partial charge in [-0.25, -0.2) is 0 Å². The number of aromatic nitrogens is 2. The molecule has 0 atom stereocenters. The number of carbonyl (C=O) groups is 1. The van der Waals surface area contributed by atoms with Gasteiger partial charge in [0, 0.05) is 11.4 Å². The molecule has 1 N–H and O–H groups in total. The fourth-order valence-corrected chi connectivity index (χ4v) is 3.53. The van der Waals surface area contributed by atoms with Gasteiger partial charge in [-0.2, -0.15) is 0 Å². The van der Waals surface area contributed by atoms with E-state index in [9.17, 15) is 4.79 Å². The van der Waals surface area contributed by atoms with E-state index in [2.05, 4.69) is 38.4 Å². The largest absolute Gasteiger partial charge is 0.483 e. The van der Waals surface area contributed by atoms with Gasteiger partial charge in [0.25, 0.3) is 5.91 Å². The Bertz CT molecular complexity index is 736. The molecule has 1 heterocycles. The lowest BCUT2D eigenvalue weighted by molar-refractivity contribution is -0.118. The molecule has 0 saturated carbocycles. The molecule has 130 valence electrons. The molecule has 1 aromatic heterocycles. The number of amides is 1. The van der Waals surface area contributed by atoms with Gasteiger partial charge in [-0.3, -0.25) is 10.1 Å². The zero-order valence-corrected chi connectivity index (χ0v) is 16.9. The van der Waals surface area contributed by atoms with Gasteiger partial charge >= 0.3 is 0 Å². The molecule has 0 spiro atoms. The zero-order chi connectivity index (χ0) is 17.7. The van der Waals surface area contributed by atoms with Crippen LogP contribution in [0.3, 0.4) is 0 Å². The van der Waals surface area contributed by atoms with Crippen molar-refractivity contribution in [2.75, 3.05) is 11.9 Å². The molecule has 8 heteroatoms. The summed E-state index contributed by atoms with van der Waals surface area (Å²) in [5.74, 6) is 0.316. The lowest BCUT2D eigenvalue weighted by Gasteiger charge is -2.12. The number of nitrogens with one attached hydrogen (secondary N) is 1. The van der Waals surface area contributed by atoms with E-state index >= 15 is 0 Å². The van der Waals surface area contributed by atoms with Crippen molar-refractivity contribution < 1.29 is 9.53 Å². The number of unbranched alkanes of at least 4 members (excludes halogenated alkanes) is 1. The third-order valence-corrected chi connectivity index (χ3v) is 5.85. The Hall–Kier alpha value is -1.18. The topological polar surface area (TPSA) is 64.1 Å². The van der Waals surface area contributed by atoms with Gasteiger partial charge in [-0.1, -0.05) is 36.3 Å². The van der Waals surface area contributed by atoms with Crippen LogP contribution in [0.1, 0.15) is 35.9 Å². The molecule has 0 bridgehead atoms. The van der Waals surface area contributed by atoms with E-state index in [1.807, 2.05) is 13.8 Å². The minimum absolute atomic E-state index is 0.108. The van der Waals surface area contributed by atoms with Crippen LogP contribution in [0.5, 0.6) is 5.75 Å². The molecule has 2 aromatic rings. The Morgan fingerprint density at radius 2 is 2.17 bits per heavy atom. The lowest BCUT2D eigenvalue weighted by atomic mass is 10.1. The van der Waals surface area contributed by atoms with Crippen molar-refractivity contribution >= 4 is 49.9 Å². The SMILES string of the molecule is CCCCc1nnc(NC(=O)COc2cc(C)c(Cl)c(C)c2Br)s1. The fraction of sp³-hybridized carbons (Fsp3) is 0.438. The van der Waals surface area contributed by atoms with Gasteiger partial charge in [0.15, 0.2) is 6.61 Å². The molecule has 0 aliphatic heterocycles. The van der Waals surface area contributed by atoms with Crippen LogP contribution in [-0.2, 0) is 11.2 Å². The average Bonchev–Trinajstić information content (AvgIpc) is 3.00. The Labute approximate surface area is 158 Å². The highest BCUT2D eigenvalue weighted by Gasteiger charge is 2.13. The Morgan fingerprint density at radius 3 is 2.88 bits per heavy atom. The van der Waals surface area contributed by atoms with Crippen molar-refractivity contribution in [3.8, 4) is 5.75 Å². The number of carbonyl (C=O) groups excluding carboxylic acids is 1. The van der Waals surface area contributed by atoms with Gasteiger partial charge in [-0.05, 0) is 53.4 Å². The summed E-state index contributed by atoms with van der Waals surface area (Å²) in [5, 5.41) is 12.9. The maximum Gasteiger partial charge on any atom is 0.264 e. The molecule has 0 fully saturated rings. The third-order valence-electron chi connectivity index (χ3n) is 3.38. The van der Waals surface area contributed by atoms with Crippen LogP contribution in [0, 0.1) is 13.8 Å². The van der Waals surface area contributed by atoms with E-state index in [-0.39, 0.29) is 12.5 Å². The second kappa shape index (κ2) is 8.78. The van der Waals surface area contributed by atoms with Gasteiger partial charge < -0.3 is 4.74 Å². The quantitative estimate of drug-likeness (QED) is 0.673. The predicted molar refractivity (Wildman–Crippen MR) is 101 cm³/mol. The normalized spacial score (nSPS) is 10.7. The van der Waals surface area contributed by atoms with Crippen molar-refractivity contribution in [3.63, 3.8) is 0 Å². The first-order valence-electron chi connectivity index (χ1n) is 7.62. The molecule has 0 aliphatic rings. The number of nitrogens with zero attached hydrogens (tertiary/aromatic N) is 2. The standard InChI is InChI=1S/C16H19BrClN3O2S/c1-4-5-6-13-20-21-16(24-13)19-12(22)8-23-11-7-9(2)15(18)10(3)14(11)17/h7H,4-6,8H2,1-3H3,(H,19,21,22). The highest BCUT2D eigenvalue weighted by Crippen LogP contribution is 2.35. The summed E-state index contributed by atoms with van der Waals surface area (Å²) in [6, 6.07) is 1.81. The molecule has 1 amide bonds.